The van der Waals surface area contributed by atoms with Crippen LogP contribution >= 0.6 is 11.6 Å². The number of rotatable bonds is 8. The first-order valence-electron chi connectivity index (χ1n) is 6.98. The molecule has 1 amide bonds. The fourth-order valence-electron chi connectivity index (χ4n) is 1.70. The average molecular weight is 349 g/mol. The van der Waals surface area contributed by atoms with Gasteiger partial charge in [0.1, 0.15) is 5.75 Å². The van der Waals surface area contributed by atoms with Crippen molar-refractivity contribution in [3.05, 3.63) is 23.2 Å². The Morgan fingerprint density at radius 3 is 2.59 bits per heavy atom. The van der Waals surface area contributed by atoms with Crippen molar-refractivity contribution in [1.29, 1.82) is 0 Å². The molecule has 0 saturated heterocycles. The molecule has 22 heavy (non-hydrogen) atoms. The highest BCUT2D eigenvalue weighted by Crippen LogP contribution is 2.28. The fraction of sp³-hybridized carbons (Fsp3) is 0.500. The predicted octanol–water partition coefficient (Wildman–Crippen LogP) is 1.89. The zero-order valence-electron chi connectivity index (χ0n) is 12.9. The Kier molecular flexibility index (Phi) is 7.12. The summed E-state index contributed by atoms with van der Waals surface area (Å²) in [6.45, 7) is 4.43. The molecule has 0 bridgehead atoms. The molecular weight excluding hydrogens is 328 g/mol. The number of carbonyl (C=O) groups is 1. The van der Waals surface area contributed by atoms with E-state index in [0.717, 1.165) is 10.7 Å². The monoisotopic (exact) mass is 348 g/mol. The van der Waals surface area contributed by atoms with Gasteiger partial charge in [-0.25, -0.2) is 8.42 Å². The molecule has 0 spiro atoms. The van der Waals surface area contributed by atoms with E-state index in [4.69, 9.17) is 16.3 Å². The Labute approximate surface area is 136 Å². The number of benzene rings is 1. The maximum absolute atomic E-state index is 12.4. The second kappa shape index (κ2) is 8.36. The third-order valence-electron chi connectivity index (χ3n) is 2.85. The summed E-state index contributed by atoms with van der Waals surface area (Å²) in [4.78, 5) is 11.7. The molecule has 1 aromatic rings. The first-order valence-corrected chi connectivity index (χ1v) is 8.80. The number of sulfonamides is 1. The smallest absolute Gasteiger partial charge is 0.243 e. The number of carbonyl (C=O) groups excluding carboxylic acids is 1. The van der Waals surface area contributed by atoms with Gasteiger partial charge in [0.15, 0.2) is 0 Å². The second-order valence-corrected chi connectivity index (χ2v) is 7.09. The fourth-order valence-corrected chi connectivity index (χ4v) is 3.16. The molecule has 0 saturated carbocycles. The molecule has 0 aliphatic rings. The van der Waals surface area contributed by atoms with Gasteiger partial charge in [-0.1, -0.05) is 18.5 Å². The summed E-state index contributed by atoms with van der Waals surface area (Å²) in [5, 5.41) is 2.85. The molecule has 1 N–H and O–H groups in total. The summed E-state index contributed by atoms with van der Waals surface area (Å²) in [6.07, 6.45) is 0.788. The minimum Gasteiger partial charge on any atom is -0.492 e. The van der Waals surface area contributed by atoms with Crippen molar-refractivity contribution in [2.24, 2.45) is 0 Å². The van der Waals surface area contributed by atoms with Crippen LogP contribution in [0.15, 0.2) is 23.1 Å². The van der Waals surface area contributed by atoms with Gasteiger partial charge in [0.2, 0.25) is 15.9 Å². The van der Waals surface area contributed by atoms with Gasteiger partial charge in [-0.15, -0.1) is 0 Å². The molecule has 6 nitrogen and oxygen atoms in total. The van der Waals surface area contributed by atoms with Crippen molar-refractivity contribution < 1.29 is 17.9 Å². The van der Waals surface area contributed by atoms with Crippen LogP contribution in [0.3, 0.4) is 0 Å². The Morgan fingerprint density at radius 2 is 2.05 bits per heavy atom. The quantitative estimate of drug-likeness (QED) is 0.778. The van der Waals surface area contributed by atoms with Crippen LogP contribution in [0.25, 0.3) is 0 Å². The molecule has 0 aliphatic carbocycles. The van der Waals surface area contributed by atoms with Crippen molar-refractivity contribution in [2.75, 3.05) is 26.7 Å². The molecule has 0 radical (unpaired) electrons. The van der Waals surface area contributed by atoms with Gasteiger partial charge < -0.3 is 10.1 Å². The molecule has 1 rings (SSSR count). The lowest BCUT2D eigenvalue weighted by Gasteiger charge is -2.17. The summed E-state index contributed by atoms with van der Waals surface area (Å²) in [5.74, 6) is 0.0800. The molecule has 124 valence electrons. The minimum atomic E-state index is -3.78. The van der Waals surface area contributed by atoms with E-state index in [9.17, 15) is 13.2 Å². The highest BCUT2D eigenvalue weighted by Gasteiger charge is 2.23. The number of hydrogen-bond acceptors (Lipinski definition) is 4. The van der Waals surface area contributed by atoms with Crippen molar-refractivity contribution in [1.82, 2.24) is 9.62 Å². The van der Waals surface area contributed by atoms with E-state index in [0.29, 0.717) is 18.9 Å². The number of ether oxygens (including phenoxy) is 1. The van der Waals surface area contributed by atoms with Crippen LogP contribution in [0.2, 0.25) is 5.02 Å². The summed E-state index contributed by atoms with van der Waals surface area (Å²) in [6, 6.07) is 4.23. The highest BCUT2D eigenvalue weighted by atomic mass is 35.5. The lowest BCUT2D eigenvalue weighted by molar-refractivity contribution is -0.121. The second-order valence-electron chi connectivity index (χ2n) is 4.64. The summed E-state index contributed by atoms with van der Waals surface area (Å²) < 4.78 is 31.1. The number of hydrogen-bond donors (Lipinski definition) is 1. The highest BCUT2D eigenvalue weighted by molar-refractivity contribution is 7.89. The van der Waals surface area contributed by atoms with Crippen LogP contribution in [0, 0.1) is 0 Å². The number of halogens is 1. The summed E-state index contributed by atoms with van der Waals surface area (Å²) >= 11 is 6.01. The Morgan fingerprint density at radius 1 is 1.36 bits per heavy atom. The Hall–Kier alpha value is -1.31. The lowest BCUT2D eigenvalue weighted by Crippen LogP contribution is -2.38. The van der Waals surface area contributed by atoms with Crippen LogP contribution in [-0.4, -0.2) is 45.4 Å². The Balaban J connectivity index is 2.89. The molecule has 0 fully saturated rings. The van der Waals surface area contributed by atoms with E-state index >= 15 is 0 Å². The SMILES string of the molecule is CCCNC(=O)CN(C)S(=O)(=O)c1ccc(OCC)c(Cl)c1. The van der Waals surface area contributed by atoms with Crippen molar-refractivity contribution >= 4 is 27.5 Å². The van der Waals surface area contributed by atoms with E-state index < -0.39 is 10.0 Å². The molecule has 0 heterocycles. The zero-order chi connectivity index (χ0) is 16.8. The average Bonchev–Trinajstić information content (AvgIpc) is 2.47. The largest absolute Gasteiger partial charge is 0.492 e. The topological polar surface area (TPSA) is 75.7 Å². The molecular formula is C14H21ClN2O4S. The van der Waals surface area contributed by atoms with E-state index in [-0.39, 0.29) is 22.4 Å². The first-order chi connectivity index (χ1) is 10.3. The third-order valence-corrected chi connectivity index (χ3v) is 4.94. The van der Waals surface area contributed by atoms with Gasteiger partial charge in [-0.2, -0.15) is 4.31 Å². The number of likely N-dealkylation sites (N-methyl/N-ethyl adjacent to an activating group) is 1. The Bertz CT molecular complexity index is 619. The van der Waals surface area contributed by atoms with Gasteiger partial charge in [0.05, 0.1) is 23.1 Å². The maximum atomic E-state index is 12.4. The number of nitrogens with zero attached hydrogens (tertiary/aromatic N) is 1. The first kappa shape index (κ1) is 18.7. The van der Waals surface area contributed by atoms with Crippen molar-refractivity contribution in [3.8, 4) is 5.75 Å². The van der Waals surface area contributed by atoms with Crippen molar-refractivity contribution in [2.45, 2.75) is 25.2 Å². The molecule has 0 aromatic heterocycles. The molecule has 0 atom stereocenters. The minimum absolute atomic E-state index is 0.0201. The van der Waals surface area contributed by atoms with Gasteiger partial charge in [0, 0.05) is 13.6 Å². The standard InChI is InChI=1S/C14H21ClN2O4S/c1-4-8-16-14(18)10-17(3)22(19,20)11-6-7-13(21-5-2)12(15)9-11/h6-7,9H,4-5,8,10H2,1-3H3,(H,16,18). The summed E-state index contributed by atoms with van der Waals surface area (Å²) in [7, 11) is -2.43. The molecule has 1 aromatic carbocycles. The normalized spacial score (nSPS) is 11.5. The van der Waals surface area contributed by atoms with E-state index in [1.54, 1.807) is 0 Å². The maximum Gasteiger partial charge on any atom is 0.243 e. The molecule has 8 heteroatoms. The van der Waals surface area contributed by atoms with Crippen LogP contribution in [-0.2, 0) is 14.8 Å². The van der Waals surface area contributed by atoms with Gasteiger partial charge >= 0.3 is 0 Å². The van der Waals surface area contributed by atoms with E-state index in [1.807, 2.05) is 13.8 Å². The van der Waals surface area contributed by atoms with Crippen molar-refractivity contribution in [3.63, 3.8) is 0 Å². The van der Waals surface area contributed by atoms with Gasteiger partial charge in [0.25, 0.3) is 0 Å². The molecule has 0 unspecified atom stereocenters. The lowest BCUT2D eigenvalue weighted by atomic mass is 10.3. The predicted molar refractivity (Wildman–Crippen MR) is 85.7 cm³/mol. The van der Waals surface area contributed by atoms with Crippen LogP contribution in [0.4, 0.5) is 0 Å². The van der Waals surface area contributed by atoms with Crippen LogP contribution in [0.5, 0.6) is 5.75 Å². The third kappa shape index (κ3) is 4.86. The molecule has 0 aliphatic heterocycles. The number of nitrogens with one attached hydrogen (secondary N) is 1. The van der Waals surface area contributed by atoms with Gasteiger partial charge in [-0.05, 0) is 31.5 Å². The van der Waals surface area contributed by atoms with Crippen LogP contribution in [0.1, 0.15) is 20.3 Å². The van der Waals surface area contributed by atoms with Crippen LogP contribution < -0.4 is 10.1 Å². The van der Waals surface area contributed by atoms with E-state index in [1.165, 1.54) is 25.2 Å². The van der Waals surface area contributed by atoms with E-state index in [2.05, 4.69) is 5.32 Å². The summed E-state index contributed by atoms with van der Waals surface area (Å²) in [5.41, 5.74) is 0. The zero-order valence-corrected chi connectivity index (χ0v) is 14.5. The number of amides is 1. The van der Waals surface area contributed by atoms with Gasteiger partial charge in [-0.3, -0.25) is 4.79 Å².